The van der Waals surface area contributed by atoms with Crippen LogP contribution in [0.25, 0.3) is 17.2 Å². The zero-order valence-electron chi connectivity index (χ0n) is 26.4. The molecule has 248 valence electrons. The van der Waals surface area contributed by atoms with Crippen LogP contribution in [0, 0.1) is 0 Å². The zero-order chi connectivity index (χ0) is 33.2. The number of nitrogens with zero attached hydrogens (tertiary/aromatic N) is 2. The van der Waals surface area contributed by atoms with E-state index in [1.807, 2.05) is 36.4 Å². The van der Waals surface area contributed by atoms with E-state index in [-0.39, 0.29) is 18.1 Å². The number of ether oxygens (including phenoxy) is 5. The molecule has 3 aromatic carbocycles. The Bertz CT molecular complexity index is 1610. The second-order valence-corrected chi connectivity index (χ2v) is 12.6. The zero-order valence-corrected chi connectivity index (χ0v) is 28.1. The predicted octanol–water partition coefficient (Wildman–Crippen LogP) is 5.59. The number of methoxy groups -OCH3 is 2. The van der Waals surface area contributed by atoms with Gasteiger partial charge in [-0.25, -0.2) is 4.79 Å². The van der Waals surface area contributed by atoms with Crippen molar-refractivity contribution in [1.29, 1.82) is 0 Å². The normalized spacial score (nSPS) is 16.1. The first-order valence-electron chi connectivity index (χ1n) is 15.3. The molecular weight excluding hydrogens is 641 g/mol. The lowest BCUT2D eigenvalue weighted by Crippen LogP contribution is -2.38. The Morgan fingerprint density at radius 1 is 0.936 bits per heavy atom. The molecule has 0 saturated carbocycles. The molecule has 0 atom stereocenters. The van der Waals surface area contributed by atoms with E-state index in [4.69, 9.17) is 35.9 Å². The van der Waals surface area contributed by atoms with Gasteiger partial charge in [-0.1, -0.05) is 54.3 Å². The Morgan fingerprint density at radius 2 is 1.66 bits per heavy atom. The van der Waals surface area contributed by atoms with Gasteiger partial charge in [-0.15, -0.1) is 0 Å². The average Bonchev–Trinajstić information content (AvgIpc) is 3.35. The van der Waals surface area contributed by atoms with Gasteiger partial charge in [0, 0.05) is 38.9 Å². The maximum atomic E-state index is 13.5. The average molecular weight is 679 g/mol. The van der Waals surface area contributed by atoms with E-state index >= 15 is 0 Å². The summed E-state index contributed by atoms with van der Waals surface area (Å²) in [5.74, 6) is 0.232. The van der Waals surface area contributed by atoms with E-state index < -0.39 is 5.97 Å². The summed E-state index contributed by atoms with van der Waals surface area (Å²) >= 11 is 6.86. The highest BCUT2D eigenvalue weighted by atomic mass is 32.2. The molecule has 3 aromatic rings. The van der Waals surface area contributed by atoms with Crippen molar-refractivity contribution in [2.24, 2.45) is 0 Å². The molecule has 0 unspecified atom stereocenters. The minimum absolute atomic E-state index is 0.106. The number of thioether (sulfide) groups is 1. The second-order valence-electron chi connectivity index (χ2n) is 10.9. The van der Waals surface area contributed by atoms with Crippen molar-refractivity contribution in [1.82, 2.24) is 9.80 Å². The SMILES string of the molecule is COCc1ccc(-c2ccc(OCCN3CCOCC3)c(C=C3SC(=S)N(CCCOc4ccc(C(=O)O)cc4OC)C3=O)c2)cc1. The Morgan fingerprint density at radius 3 is 2.38 bits per heavy atom. The predicted molar refractivity (Wildman–Crippen MR) is 185 cm³/mol. The summed E-state index contributed by atoms with van der Waals surface area (Å²) in [6.45, 7) is 5.71. The highest BCUT2D eigenvalue weighted by Crippen LogP contribution is 2.36. The number of aromatic carboxylic acids is 1. The van der Waals surface area contributed by atoms with Crippen molar-refractivity contribution < 1.29 is 38.4 Å². The number of hydrogen-bond donors (Lipinski definition) is 1. The third-order valence-electron chi connectivity index (χ3n) is 7.73. The lowest BCUT2D eigenvalue weighted by molar-refractivity contribution is -0.122. The second kappa shape index (κ2) is 16.8. The molecule has 0 spiro atoms. The fraction of sp³-hybridized carbons (Fsp3) is 0.343. The molecule has 12 heteroatoms. The number of amides is 1. The maximum Gasteiger partial charge on any atom is 0.335 e. The number of hydrogen-bond acceptors (Lipinski definition) is 10. The fourth-order valence-electron chi connectivity index (χ4n) is 5.20. The molecule has 1 N–H and O–H groups in total. The molecule has 2 fully saturated rings. The van der Waals surface area contributed by atoms with E-state index in [2.05, 4.69) is 17.0 Å². The molecule has 0 radical (unpaired) electrons. The lowest BCUT2D eigenvalue weighted by Gasteiger charge is -2.26. The summed E-state index contributed by atoms with van der Waals surface area (Å²) in [5.41, 5.74) is 4.03. The van der Waals surface area contributed by atoms with Crippen LogP contribution in [-0.2, 0) is 20.9 Å². The number of benzene rings is 3. The van der Waals surface area contributed by atoms with Gasteiger partial charge in [0.05, 0.1) is 44.0 Å². The minimum Gasteiger partial charge on any atom is -0.493 e. The van der Waals surface area contributed by atoms with Crippen molar-refractivity contribution in [2.45, 2.75) is 13.0 Å². The fourth-order valence-corrected chi connectivity index (χ4v) is 6.50. The minimum atomic E-state index is -1.05. The Balaban J connectivity index is 1.28. The molecule has 0 bridgehead atoms. The van der Waals surface area contributed by atoms with E-state index in [9.17, 15) is 14.7 Å². The van der Waals surface area contributed by atoms with Crippen molar-refractivity contribution in [3.8, 4) is 28.4 Å². The number of carbonyl (C=O) groups is 2. The molecule has 2 aliphatic rings. The van der Waals surface area contributed by atoms with Crippen molar-refractivity contribution in [3.05, 3.63) is 82.3 Å². The lowest BCUT2D eigenvalue weighted by atomic mass is 10.0. The van der Waals surface area contributed by atoms with Crippen LogP contribution in [0.4, 0.5) is 0 Å². The van der Waals surface area contributed by atoms with Gasteiger partial charge in [-0.2, -0.15) is 0 Å². The van der Waals surface area contributed by atoms with E-state index in [1.54, 1.807) is 18.1 Å². The highest BCUT2D eigenvalue weighted by molar-refractivity contribution is 8.26. The largest absolute Gasteiger partial charge is 0.493 e. The molecule has 0 aromatic heterocycles. The summed E-state index contributed by atoms with van der Waals surface area (Å²) in [6, 6.07) is 18.7. The summed E-state index contributed by atoms with van der Waals surface area (Å²) in [7, 11) is 3.13. The van der Waals surface area contributed by atoms with Gasteiger partial charge >= 0.3 is 5.97 Å². The third kappa shape index (κ3) is 9.11. The molecule has 1 amide bonds. The first-order valence-corrected chi connectivity index (χ1v) is 16.5. The van der Waals surface area contributed by atoms with Gasteiger partial charge in [0.1, 0.15) is 16.7 Å². The van der Waals surface area contributed by atoms with Gasteiger partial charge < -0.3 is 28.8 Å². The van der Waals surface area contributed by atoms with E-state index in [0.29, 0.717) is 52.7 Å². The quantitative estimate of drug-likeness (QED) is 0.124. The standard InChI is InChI=1S/C35H38N2O8S2/c1-41-23-24-4-6-25(7-5-24)26-8-10-29(45-19-15-36-13-17-43-18-14-36)28(20-26)22-32-33(38)37(35(46)47-32)12-3-16-44-30-11-9-27(34(39)40)21-31(30)42-2/h4-11,20-22H,3,12-19,23H2,1-2H3,(H,39,40). The van der Waals surface area contributed by atoms with Gasteiger partial charge in [0.2, 0.25) is 0 Å². The van der Waals surface area contributed by atoms with Crippen LogP contribution < -0.4 is 14.2 Å². The number of carboxylic acid groups (broad SMARTS) is 1. The Labute approximate surface area is 284 Å². The third-order valence-corrected chi connectivity index (χ3v) is 9.11. The van der Waals surface area contributed by atoms with Crippen molar-refractivity contribution >= 4 is 46.3 Å². The van der Waals surface area contributed by atoms with Crippen LogP contribution in [-0.4, -0.2) is 97.9 Å². The van der Waals surface area contributed by atoms with Crippen LogP contribution in [0.5, 0.6) is 17.2 Å². The van der Waals surface area contributed by atoms with Gasteiger partial charge in [0.15, 0.2) is 11.5 Å². The first kappa shape index (κ1) is 34.4. The molecule has 0 aliphatic carbocycles. The molecule has 2 saturated heterocycles. The van der Waals surface area contributed by atoms with Crippen molar-refractivity contribution in [2.75, 3.05) is 66.8 Å². The van der Waals surface area contributed by atoms with Crippen LogP contribution in [0.3, 0.4) is 0 Å². The van der Waals surface area contributed by atoms with Gasteiger partial charge in [0.25, 0.3) is 5.91 Å². The monoisotopic (exact) mass is 678 g/mol. The van der Waals surface area contributed by atoms with Gasteiger partial charge in [-0.05, 0) is 59.5 Å². The highest BCUT2D eigenvalue weighted by Gasteiger charge is 2.32. The van der Waals surface area contributed by atoms with E-state index in [1.165, 1.54) is 31.0 Å². The number of carboxylic acids is 1. The van der Waals surface area contributed by atoms with Crippen LogP contribution in [0.15, 0.2) is 65.6 Å². The summed E-state index contributed by atoms with van der Waals surface area (Å²) in [4.78, 5) is 29.2. The van der Waals surface area contributed by atoms with Crippen LogP contribution in [0.2, 0.25) is 0 Å². The number of rotatable bonds is 15. The maximum absolute atomic E-state index is 13.5. The van der Waals surface area contributed by atoms with E-state index in [0.717, 1.165) is 55.1 Å². The summed E-state index contributed by atoms with van der Waals surface area (Å²) < 4.78 is 28.6. The number of thiocarbonyl (C=S) groups is 1. The first-order chi connectivity index (χ1) is 22.9. The molecule has 2 aliphatic heterocycles. The van der Waals surface area contributed by atoms with Crippen LogP contribution >= 0.6 is 24.0 Å². The molecule has 5 rings (SSSR count). The molecule has 10 nitrogen and oxygen atoms in total. The smallest absolute Gasteiger partial charge is 0.335 e. The summed E-state index contributed by atoms with van der Waals surface area (Å²) in [6.07, 6.45) is 2.37. The number of morpholine rings is 1. The Hall–Kier alpha value is -3.94. The Kier molecular flexibility index (Phi) is 12.3. The molecule has 2 heterocycles. The number of carbonyl (C=O) groups excluding carboxylic acids is 1. The van der Waals surface area contributed by atoms with Gasteiger partial charge in [-0.3, -0.25) is 14.6 Å². The topological polar surface area (TPSA) is 107 Å². The molecule has 47 heavy (non-hydrogen) atoms. The van der Waals surface area contributed by atoms with Crippen molar-refractivity contribution in [3.63, 3.8) is 0 Å². The molecular formula is C35H38N2O8S2. The summed E-state index contributed by atoms with van der Waals surface area (Å²) in [5, 5.41) is 9.22. The van der Waals surface area contributed by atoms with Crippen LogP contribution in [0.1, 0.15) is 27.9 Å².